The van der Waals surface area contributed by atoms with E-state index in [0.717, 1.165) is 38.3 Å². The first-order valence-corrected chi connectivity index (χ1v) is 8.95. The Bertz CT molecular complexity index is 589. The molecule has 1 saturated heterocycles. The van der Waals surface area contributed by atoms with Crippen molar-refractivity contribution in [2.45, 2.75) is 27.3 Å². The number of benzene rings is 1. The number of hydrogen-bond donors (Lipinski definition) is 3. The second kappa shape index (κ2) is 8.97. The summed E-state index contributed by atoms with van der Waals surface area (Å²) in [6, 6.07) is 7.41. The molecule has 0 aliphatic carbocycles. The van der Waals surface area contributed by atoms with Gasteiger partial charge in [0.25, 0.3) is 5.91 Å². The van der Waals surface area contributed by atoms with Crippen LogP contribution in [0.25, 0.3) is 0 Å². The highest BCUT2D eigenvalue weighted by atomic mass is 16.2. The molecule has 0 unspecified atom stereocenters. The van der Waals surface area contributed by atoms with Gasteiger partial charge in [0.15, 0.2) is 0 Å². The SMILES string of the molecule is CC(C)(C)C(=O)NCc1cccc(C(=O)NCCN2CCNCC2)c1. The highest BCUT2D eigenvalue weighted by molar-refractivity contribution is 5.94. The van der Waals surface area contributed by atoms with Crippen LogP contribution in [0.1, 0.15) is 36.7 Å². The Kier molecular flexibility index (Phi) is 6.96. The molecule has 1 heterocycles. The van der Waals surface area contributed by atoms with E-state index in [1.54, 1.807) is 6.07 Å². The van der Waals surface area contributed by atoms with E-state index < -0.39 is 5.41 Å². The lowest BCUT2D eigenvalue weighted by atomic mass is 9.95. The minimum atomic E-state index is -0.418. The third-order valence-electron chi connectivity index (χ3n) is 4.25. The molecule has 1 fully saturated rings. The molecule has 0 saturated carbocycles. The van der Waals surface area contributed by atoms with Crippen LogP contribution in [0.4, 0.5) is 0 Å². The molecule has 1 aliphatic heterocycles. The van der Waals surface area contributed by atoms with Gasteiger partial charge in [0, 0.05) is 56.8 Å². The van der Waals surface area contributed by atoms with Crippen LogP contribution in [0, 0.1) is 5.41 Å². The lowest BCUT2D eigenvalue weighted by Crippen LogP contribution is -2.46. The second-order valence-electron chi connectivity index (χ2n) is 7.48. The van der Waals surface area contributed by atoms with Gasteiger partial charge in [-0.3, -0.25) is 14.5 Å². The Labute approximate surface area is 150 Å². The van der Waals surface area contributed by atoms with E-state index in [1.165, 1.54) is 0 Å². The normalized spacial score (nSPS) is 15.6. The maximum absolute atomic E-state index is 12.3. The summed E-state index contributed by atoms with van der Waals surface area (Å²) in [4.78, 5) is 26.6. The first-order valence-electron chi connectivity index (χ1n) is 8.95. The number of rotatable bonds is 6. The molecule has 1 aromatic rings. The molecule has 2 amide bonds. The number of carbonyl (C=O) groups is 2. The summed E-state index contributed by atoms with van der Waals surface area (Å²) in [6.45, 7) is 11.7. The van der Waals surface area contributed by atoms with Crippen LogP contribution >= 0.6 is 0 Å². The highest BCUT2D eigenvalue weighted by Crippen LogP contribution is 2.13. The van der Waals surface area contributed by atoms with Crippen LogP contribution in [-0.2, 0) is 11.3 Å². The summed E-state index contributed by atoms with van der Waals surface area (Å²) in [5.41, 5.74) is 1.13. The van der Waals surface area contributed by atoms with Gasteiger partial charge >= 0.3 is 0 Å². The molecule has 6 nitrogen and oxygen atoms in total. The fourth-order valence-electron chi connectivity index (χ4n) is 2.63. The average molecular weight is 346 g/mol. The smallest absolute Gasteiger partial charge is 0.251 e. The quantitative estimate of drug-likeness (QED) is 0.718. The number of amides is 2. The molecule has 6 heteroatoms. The Morgan fingerprint density at radius 3 is 2.56 bits per heavy atom. The summed E-state index contributed by atoms with van der Waals surface area (Å²) in [6.07, 6.45) is 0. The van der Waals surface area contributed by atoms with Crippen LogP contribution in [0.15, 0.2) is 24.3 Å². The van der Waals surface area contributed by atoms with Gasteiger partial charge in [0.1, 0.15) is 0 Å². The van der Waals surface area contributed by atoms with Crippen molar-refractivity contribution in [3.05, 3.63) is 35.4 Å². The molecular weight excluding hydrogens is 316 g/mol. The van der Waals surface area contributed by atoms with Gasteiger partial charge in [0.05, 0.1) is 0 Å². The van der Waals surface area contributed by atoms with E-state index in [-0.39, 0.29) is 11.8 Å². The van der Waals surface area contributed by atoms with Gasteiger partial charge < -0.3 is 16.0 Å². The first-order chi connectivity index (χ1) is 11.9. The molecule has 0 aromatic heterocycles. The Morgan fingerprint density at radius 1 is 1.16 bits per heavy atom. The molecule has 2 rings (SSSR count). The minimum absolute atomic E-state index is 0.00150. The van der Waals surface area contributed by atoms with E-state index in [0.29, 0.717) is 18.7 Å². The van der Waals surface area contributed by atoms with Crippen molar-refractivity contribution in [3.63, 3.8) is 0 Å². The van der Waals surface area contributed by atoms with E-state index in [2.05, 4.69) is 20.9 Å². The number of carbonyl (C=O) groups excluding carboxylic acids is 2. The van der Waals surface area contributed by atoms with E-state index in [1.807, 2.05) is 39.0 Å². The second-order valence-corrected chi connectivity index (χ2v) is 7.48. The van der Waals surface area contributed by atoms with Crippen LogP contribution in [-0.4, -0.2) is 56.0 Å². The largest absolute Gasteiger partial charge is 0.352 e. The fraction of sp³-hybridized carbons (Fsp3) is 0.579. The highest BCUT2D eigenvalue weighted by Gasteiger charge is 2.20. The van der Waals surface area contributed by atoms with Gasteiger partial charge in [-0.15, -0.1) is 0 Å². The molecule has 1 aromatic carbocycles. The molecule has 0 atom stereocenters. The maximum atomic E-state index is 12.3. The molecule has 0 radical (unpaired) electrons. The summed E-state index contributed by atoms with van der Waals surface area (Å²) in [5.74, 6) is -0.0718. The van der Waals surface area contributed by atoms with Gasteiger partial charge in [-0.25, -0.2) is 0 Å². The first kappa shape index (κ1) is 19.4. The van der Waals surface area contributed by atoms with Crippen molar-refractivity contribution < 1.29 is 9.59 Å². The number of piperazine rings is 1. The van der Waals surface area contributed by atoms with Crippen molar-refractivity contribution in [1.29, 1.82) is 0 Å². The third-order valence-corrected chi connectivity index (χ3v) is 4.25. The summed E-state index contributed by atoms with van der Waals surface area (Å²) in [7, 11) is 0. The van der Waals surface area contributed by atoms with Crippen LogP contribution in [0.2, 0.25) is 0 Å². The minimum Gasteiger partial charge on any atom is -0.352 e. The summed E-state index contributed by atoms with van der Waals surface area (Å²) in [5, 5.41) is 9.20. The van der Waals surface area contributed by atoms with Crippen molar-refractivity contribution in [3.8, 4) is 0 Å². The predicted molar refractivity (Wildman–Crippen MR) is 99.4 cm³/mol. The topological polar surface area (TPSA) is 73.5 Å². The van der Waals surface area contributed by atoms with Crippen molar-refractivity contribution in [2.24, 2.45) is 5.41 Å². The standard InChI is InChI=1S/C19H30N4O2/c1-19(2,3)18(25)22-14-15-5-4-6-16(13-15)17(24)21-9-12-23-10-7-20-8-11-23/h4-6,13,20H,7-12,14H2,1-3H3,(H,21,24)(H,22,25). The van der Waals surface area contributed by atoms with E-state index >= 15 is 0 Å². The van der Waals surface area contributed by atoms with Crippen LogP contribution in [0.3, 0.4) is 0 Å². The van der Waals surface area contributed by atoms with Gasteiger partial charge in [0.2, 0.25) is 5.91 Å². The van der Waals surface area contributed by atoms with Crippen molar-refractivity contribution in [1.82, 2.24) is 20.9 Å². The van der Waals surface area contributed by atoms with Crippen molar-refractivity contribution >= 4 is 11.8 Å². The average Bonchev–Trinajstić information content (AvgIpc) is 2.60. The van der Waals surface area contributed by atoms with Crippen LogP contribution < -0.4 is 16.0 Å². The number of nitrogens with one attached hydrogen (secondary N) is 3. The summed E-state index contributed by atoms with van der Waals surface area (Å²) < 4.78 is 0. The number of nitrogens with zero attached hydrogens (tertiary/aromatic N) is 1. The predicted octanol–water partition coefficient (Wildman–Crippen LogP) is 0.984. The zero-order valence-electron chi connectivity index (χ0n) is 15.5. The molecule has 1 aliphatic rings. The number of hydrogen-bond acceptors (Lipinski definition) is 4. The Balaban J connectivity index is 1.80. The van der Waals surface area contributed by atoms with Gasteiger partial charge in [-0.2, -0.15) is 0 Å². The zero-order chi connectivity index (χ0) is 18.3. The Morgan fingerprint density at radius 2 is 1.88 bits per heavy atom. The molecule has 3 N–H and O–H groups in total. The van der Waals surface area contributed by atoms with E-state index in [4.69, 9.17) is 0 Å². The maximum Gasteiger partial charge on any atom is 0.251 e. The van der Waals surface area contributed by atoms with E-state index in [9.17, 15) is 9.59 Å². The molecule has 138 valence electrons. The Hall–Kier alpha value is -1.92. The van der Waals surface area contributed by atoms with Gasteiger partial charge in [-0.05, 0) is 17.7 Å². The zero-order valence-corrected chi connectivity index (χ0v) is 15.5. The monoisotopic (exact) mass is 346 g/mol. The molecule has 25 heavy (non-hydrogen) atoms. The molecule has 0 spiro atoms. The summed E-state index contributed by atoms with van der Waals surface area (Å²) >= 11 is 0. The van der Waals surface area contributed by atoms with Gasteiger partial charge in [-0.1, -0.05) is 32.9 Å². The molecular formula is C19H30N4O2. The fourth-order valence-corrected chi connectivity index (χ4v) is 2.63. The van der Waals surface area contributed by atoms with Crippen molar-refractivity contribution in [2.75, 3.05) is 39.3 Å². The molecule has 0 bridgehead atoms. The third kappa shape index (κ3) is 6.48. The van der Waals surface area contributed by atoms with Crippen LogP contribution in [0.5, 0.6) is 0 Å². The lowest BCUT2D eigenvalue weighted by molar-refractivity contribution is -0.128. The lowest BCUT2D eigenvalue weighted by Gasteiger charge is -2.27.